The second kappa shape index (κ2) is 4.57. The first-order chi connectivity index (χ1) is 9.15. The third-order valence-electron chi connectivity index (χ3n) is 3.97. The molecule has 0 aromatic heterocycles. The third-order valence-corrected chi connectivity index (χ3v) is 4.47. The Morgan fingerprint density at radius 1 is 1.16 bits per heavy atom. The topological polar surface area (TPSA) is 12.0 Å². The molecule has 0 aliphatic carbocycles. The van der Waals surface area contributed by atoms with Crippen LogP contribution >= 0.6 is 12.1 Å². The van der Waals surface area contributed by atoms with Gasteiger partial charge in [0.2, 0.25) is 0 Å². The summed E-state index contributed by atoms with van der Waals surface area (Å²) in [6, 6.07) is 14.3. The minimum Gasteiger partial charge on any atom is -0.384 e. The molecule has 0 bridgehead atoms. The van der Waals surface area contributed by atoms with Crippen molar-refractivity contribution in [2.24, 2.45) is 0 Å². The van der Waals surface area contributed by atoms with E-state index in [9.17, 15) is 3.89 Å². The molecule has 98 valence electrons. The highest BCUT2D eigenvalue weighted by molar-refractivity contribution is 7.94. The second-order valence-corrected chi connectivity index (χ2v) is 5.90. The maximum absolute atomic E-state index is 13.3. The lowest BCUT2D eigenvalue weighted by Crippen LogP contribution is -2.26. The highest BCUT2D eigenvalue weighted by Gasteiger charge is 2.37. The molecular formula is C16H16FNS. The molecule has 1 aliphatic rings. The van der Waals surface area contributed by atoms with E-state index in [1.54, 1.807) is 0 Å². The van der Waals surface area contributed by atoms with Gasteiger partial charge in [-0.1, -0.05) is 30.3 Å². The van der Waals surface area contributed by atoms with Crippen LogP contribution in [-0.4, -0.2) is 6.54 Å². The average Bonchev–Trinajstić information content (AvgIpc) is 2.78. The Bertz CT molecular complexity index is 626. The number of fused-ring (bicyclic) bond motifs is 1. The first-order valence-corrected chi connectivity index (χ1v) is 7.10. The first-order valence-electron chi connectivity index (χ1n) is 6.38. The van der Waals surface area contributed by atoms with Crippen LogP contribution in [0.5, 0.6) is 0 Å². The van der Waals surface area contributed by atoms with Crippen LogP contribution in [-0.2, 0) is 5.41 Å². The quantitative estimate of drug-likeness (QED) is 0.851. The highest BCUT2D eigenvalue weighted by atomic mass is 32.2. The summed E-state index contributed by atoms with van der Waals surface area (Å²) in [7, 11) is 0. The van der Waals surface area contributed by atoms with E-state index in [4.69, 9.17) is 0 Å². The molecular weight excluding hydrogens is 257 g/mol. The lowest BCUT2D eigenvalue weighted by molar-refractivity contribution is 0.621. The Kier molecular flexibility index (Phi) is 3.02. The van der Waals surface area contributed by atoms with Gasteiger partial charge in [-0.2, -0.15) is 3.89 Å². The van der Waals surface area contributed by atoms with Crippen molar-refractivity contribution in [3.05, 3.63) is 59.2 Å². The number of benzene rings is 2. The minimum atomic E-state index is -0.168. The monoisotopic (exact) mass is 273 g/mol. The Balaban J connectivity index is 2.17. The molecule has 2 aromatic carbocycles. The molecule has 19 heavy (non-hydrogen) atoms. The zero-order valence-corrected chi connectivity index (χ0v) is 11.9. The van der Waals surface area contributed by atoms with E-state index in [-0.39, 0.29) is 5.41 Å². The van der Waals surface area contributed by atoms with Gasteiger partial charge in [0.25, 0.3) is 0 Å². The molecule has 0 fully saturated rings. The van der Waals surface area contributed by atoms with Crippen molar-refractivity contribution in [1.82, 2.24) is 0 Å². The predicted octanol–water partition coefficient (Wildman–Crippen LogP) is 4.70. The van der Waals surface area contributed by atoms with E-state index in [2.05, 4.69) is 36.5 Å². The molecule has 3 rings (SSSR count). The molecule has 1 atom stereocenters. The zero-order valence-electron chi connectivity index (χ0n) is 11.0. The van der Waals surface area contributed by atoms with Gasteiger partial charge in [-0.05, 0) is 42.7 Å². The maximum atomic E-state index is 13.3. The number of rotatable bonds is 2. The smallest absolute Gasteiger partial charge is 0.0815 e. The Hall–Kier alpha value is -1.48. The lowest BCUT2D eigenvalue weighted by atomic mass is 9.77. The molecule has 1 heterocycles. The van der Waals surface area contributed by atoms with Crippen LogP contribution in [0.2, 0.25) is 0 Å². The summed E-state index contributed by atoms with van der Waals surface area (Å²) in [5, 5.41) is 3.42. The third kappa shape index (κ3) is 1.93. The number of halogens is 1. The van der Waals surface area contributed by atoms with Gasteiger partial charge >= 0.3 is 0 Å². The van der Waals surface area contributed by atoms with E-state index < -0.39 is 0 Å². The van der Waals surface area contributed by atoms with Crippen molar-refractivity contribution in [3.63, 3.8) is 0 Å². The van der Waals surface area contributed by atoms with Crippen LogP contribution in [0.15, 0.2) is 47.4 Å². The summed E-state index contributed by atoms with van der Waals surface area (Å²) < 4.78 is 13.3. The SMILES string of the molecule is Cc1ccc(C2(C)CNc3ccccc32)c(SF)c1. The summed E-state index contributed by atoms with van der Waals surface area (Å²) in [6.07, 6.45) is 0. The molecule has 0 amide bonds. The fourth-order valence-corrected chi connectivity index (χ4v) is 3.48. The van der Waals surface area contributed by atoms with E-state index in [1.807, 2.05) is 25.1 Å². The van der Waals surface area contributed by atoms with Crippen LogP contribution in [0.4, 0.5) is 9.57 Å². The number of anilines is 1. The van der Waals surface area contributed by atoms with Gasteiger partial charge in [0.15, 0.2) is 0 Å². The fraction of sp³-hybridized carbons (Fsp3) is 0.250. The predicted molar refractivity (Wildman–Crippen MR) is 79.5 cm³/mol. The molecule has 0 spiro atoms. The molecule has 0 radical (unpaired) electrons. The summed E-state index contributed by atoms with van der Waals surface area (Å²) in [4.78, 5) is 0.723. The van der Waals surface area contributed by atoms with Crippen LogP contribution in [0, 0.1) is 6.92 Å². The normalized spacial score (nSPS) is 21.0. The van der Waals surface area contributed by atoms with E-state index in [0.29, 0.717) is 12.1 Å². The van der Waals surface area contributed by atoms with Crippen LogP contribution in [0.25, 0.3) is 0 Å². The maximum Gasteiger partial charge on any atom is 0.0815 e. The van der Waals surface area contributed by atoms with Crippen molar-refractivity contribution in [3.8, 4) is 0 Å². The van der Waals surface area contributed by atoms with Gasteiger partial charge in [-0.3, -0.25) is 0 Å². The Morgan fingerprint density at radius 2 is 1.95 bits per heavy atom. The number of hydrogen-bond donors (Lipinski definition) is 1. The molecule has 0 saturated carbocycles. The fourth-order valence-electron chi connectivity index (χ4n) is 2.88. The molecule has 1 aliphatic heterocycles. The first kappa shape index (κ1) is 12.5. The molecule has 1 nitrogen and oxygen atoms in total. The number of hydrogen-bond acceptors (Lipinski definition) is 2. The summed E-state index contributed by atoms with van der Waals surface area (Å²) in [5.74, 6) is 0. The zero-order chi connectivity index (χ0) is 13.5. The molecule has 2 aromatic rings. The standard InChI is InChI=1S/C16H16FNS/c1-11-7-8-13(15(9-11)19-17)16(2)10-18-14-6-4-3-5-12(14)16/h3-9,18H,10H2,1-2H3. The lowest BCUT2D eigenvalue weighted by Gasteiger charge is -2.26. The van der Waals surface area contributed by atoms with Gasteiger partial charge in [-0.15, -0.1) is 0 Å². The van der Waals surface area contributed by atoms with Crippen LogP contribution < -0.4 is 5.32 Å². The summed E-state index contributed by atoms with van der Waals surface area (Å²) in [5.41, 5.74) is 4.38. The Labute approximate surface area is 117 Å². The van der Waals surface area contributed by atoms with E-state index >= 15 is 0 Å². The van der Waals surface area contributed by atoms with Crippen molar-refractivity contribution in [2.75, 3.05) is 11.9 Å². The largest absolute Gasteiger partial charge is 0.384 e. The van der Waals surface area contributed by atoms with Gasteiger partial charge in [0, 0.05) is 22.5 Å². The molecule has 0 saturated heterocycles. The van der Waals surface area contributed by atoms with Crippen molar-refractivity contribution in [1.29, 1.82) is 0 Å². The van der Waals surface area contributed by atoms with E-state index in [0.717, 1.165) is 28.3 Å². The minimum absolute atomic E-state index is 0.168. The summed E-state index contributed by atoms with van der Waals surface area (Å²) in [6.45, 7) is 4.98. The van der Waals surface area contributed by atoms with Crippen molar-refractivity contribution < 1.29 is 3.89 Å². The number of para-hydroxylation sites is 1. The van der Waals surface area contributed by atoms with Gasteiger partial charge in [0.05, 0.1) is 12.1 Å². The number of nitrogens with one attached hydrogen (secondary N) is 1. The average molecular weight is 273 g/mol. The molecule has 3 heteroatoms. The van der Waals surface area contributed by atoms with Gasteiger partial charge in [0.1, 0.15) is 0 Å². The van der Waals surface area contributed by atoms with Crippen LogP contribution in [0.1, 0.15) is 23.6 Å². The van der Waals surface area contributed by atoms with Crippen LogP contribution in [0.3, 0.4) is 0 Å². The molecule has 1 unspecified atom stereocenters. The summed E-state index contributed by atoms with van der Waals surface area (Å²) >= 11 is 0.342. The van der Waals surface area contributed by atoms with Crippen molar-refractivity contribution in [2.45, 2.75) is 24.2 Å². The van der Waals surface area contributed by atoms with Crippen molar-refractivity contribution >= 4 is 17.8 Å². The number of aryl methyl sites for hydroxylation is 1. The van der Waals surface area contributed by atoms with Gasteiger partial charge < -0.3 is 5.32 Å². The Morgan fingerprint density at radius 3 is 2.74 bits per heavy atom. The second-order valence-electron chi connectivity index (χ2n) is 5.31. The highest BCUT2D eigenvalue weighted by Crippen LogP contribution is 2.44. The van der Waals surface area contributed by atoms with E-state index in [1.165, 1.54) is 5.56 Å². The van der Waals surface area contributed by atoms with Gasteiger partial charge in [-0.25, -0.2) is 0 Å². The molecule has 1 N–H and O–H groups in total.